The zero-order chi connectivity index (χ0) is 17.5. The second-order valence-corrected chi connectivity index (χ2v) is 7.31. The fourth-order valence-corrected chi connectivity index (χ4v) is 3.05. The van der Waals surface area contributed by atoms with Crippen molar-refractivity contribution in [2.24, 2.45) is 10.9 Å². The molecule has 0 aromatic carbocycles. The standard InChI is InChI=1S/C18H25N5OS.HI/c1-3-15-10-21-17(25-15)11-23-18(19-2)22-9-14-6-7-16(20-8-14)24-12-13-4-5-13;/h6-8,10,13H,3-5,9,11-12H2,1-2H3,(H2,19,22,23);1H. The van der Waals surface area contributed by atoms with Gasteiger partial charge in [0.05, 0.1) is 13.2 Å². The number of aryl methyl sites for hydroxylation is 1. The zero-order valence-corrected chi connectivity index (χ0v) is 18.3. The molecule has 2 aromatic rings. The quantitative estimate of drug-likeness (QED) is 0.340. The molecule has 6 nitrogen and oxygen atoms in total. The Labute approximate surface area is 175 Å². The Hall–Kier alpha value is -1.42. The third-order valence-corrected chi connectivity index (χ3v) is 5.14. The third-order valence-electron chi connectivity index (χ3n) is 4.00. The highest BCUT2D eigenvalue weighted by atomic mass is 127. The minimum atomic E-state index is 0. The predicted octanol–water partition coefficient (Wildman–Crippen LogP) is 3.37. The first-order valence-corrected chi connectivity index (χ1v) is 9.54. The van der Waals surface area contributed by atoms with E-state index in [2.05, 4.69) is 32.5 Å². The second-order valence-electron chi connectivity index (χ2n) is 6.11. The molecule has 2 heterocycles. The van der Waals surface area contributed by atoms with E-state index in [0.29, 0.717) is 19.0 Å². The van der Waals surface area contributed by atoms with Gasteiger partial charge in [0.1, 0.15) is 5.01 Å². The molecule has 1 aliphatic carbocycles. The fraction of sp³-hybridized carbons (Fsp3) is 0.500. The largest absolute Gasteiger partial charge is 0.477 e. The Morgan fingerprint density at radius 2 is 2.04 bits per heavy atom. The van der Waals surface area contributed by atoms with Gasteiger partial charge in [0, 0.05) is 36.9 Å². The maximum Gasteiger partial charge on any atom is 0.213 e. The van der Waals surface area contributed by atoms with Crippen LogP contribution in [-0.2, 0) is 19.5 Å². The molecule has 1 aliphatic rings. The summed E-state index contributed by atoms with van der Waals surface area (Å²) in [7, 11) is 1.77. The number of nitrogens with one attached hydrogen (secondary N) is 2. The van der Waals surface area contributed by atoms with E-state index < -0.39 is 0 Å². The fourth-order valence-electron chi connectivity index (χ4n) is 2.25. The topological polar surface area (TPSA) is 71.4 Å². The molecule has 0 atom stereocenters. The highest BCUT2D eigenvalue weighted by Crippen LogP contribution is 2.29. The molecule has 0 radical (unpaired) electrons. The lowest BCUT2D eigenvalue weighted by molar-refractivity contribution is 0.288. The van der Waals surface area contributed by atoms with Gasteiger partial charge in [-0.05, 0) is 30.7 Å². The molecule has 0 amide bonds. The molecular weight excluding hydrogens is 461 g/mol. The van der Waals surface area contributed by atoms with Crippen molar-refractivity contribution in [1.82, 2.24) is 20.6 Å². The molecule has 2 N–H and O–H groups in total. The van der Waals surface area contributed by atoms with Crippen LogP contribution in [0.1, 0.15) is 35.2 Å². The number of nitrogens with zero attached hydrogens (tertiary/aromatic N) is 3. The van der Waals surface area contributed by atoms with E-state index in [1.54, 1.807) is 18.4 Å². The van der Waals surface area contributed by atoms with Gasteiger partial charge >= 0.3 is 0 Å². The Morgan fingerprint density at radius 3 is 2.65 bits per heavy atom. The van der Waals surface area contributed by atoms with Gasteiger partial charge in [-0.2, -0.15) is 0 Å². The summed E-state index contributed by atoms with van der Waals surface area (Å²) in [4.78, 5) is 14.3. The van der Waals surface area contributed by atoms with E-state index in [-0.39, 0.29) is 24.0 Å². The van der Waals surface area contributed by atoms with Crippen LogP contribution >= 0.6 is 35.3 Å². The van der Waals surface area contributed by atoms with Gasteiger partial charge in [0.15, 0.2) is 5.96 Å². The summed E-state index contributed by atoms with van der Waals surface area (Å²) in [6.45, 7) is 4.27. The van der Waals surface area contributed by atoms with Crippen LogP contribution in [-0.4, -0.2) is 29.6 Å². The summed E-state index contributed by atoms with van der Waals surface area (Å²) in [5, 5.41) is 7.65. The van der Waals surface area contributed by atoms with E-state index in [0.717, 1.165) is 35.5 Å². The first-order chi connectivity index (χ1) is 12.3. The highest BCUT2D eigenvalue weighted by Gasteiger charge is 2.22. The zero-order valence-electron chi connectivity index (χ0n) is 15.2. The molecule has 0 aliphatic heterocycles. The number of hydrogen-bond acceptors (Lipinski definition) is 5. The molecule has 0 unspecified atom stereocenters. The Balaban J connectivity index is 0.00000243. The summed E-state index contributed by atoms with van der Waals surface area (Å²) in [6, 6.07) is 3.96. The van der Waals surface area contributed by atoms with Crippen LogP contribution in [0.2, 0.25) is 0 Å². The van der Waals surface area contributed by atoms with E-state index >= 15 is 0 Å². The van der Waals surface area contributed by atoms with Crippen LogP contribution in [0.3, 0.4) is 0 Å². The second kappa shape index (κ2) is 10.7. The van der Waals surface area contributed by atoms with Crippen LogP contribution in [0.5, 0.6) is 5.88 Å². The van der Waals surface area contributed by atoms with Crippen molar-refractivity contribution >= 4 is 41.3 Å². The molecular formula is C18H26IN5OS. The number of aromatic nitrogens is 2. The van der Waals surface area contributed by atoms with Crippen molar-refractivity contribution in [2.45, 2.75) is 39.3 Å². The maximum atomic E-state index is 5.66. The molecule has 3 rings (SSSR count). The molecule has 26 heavy (non-hydrogen) atoms. The summed E-state index contributed by atoms with van der Waals surface area (Å²) in [5.74, 6) is 2.19. The minimum Gasteiger partial charge on any atom is -0.477 e. The monoisotopic (exact) mass is 487 g/mol. The molecule has 0 bridgehead atoms. The molecule has 142 valence electrons. The average molecular weight is 487 g/mol. The van der Waals surface area contributed by atoms with E-state index in [1.165, 1.54) is 17.7 Å². The predicted molar refractivity (Wildman–Crippen MR) is 116 cm³/mol. The summed E-state index contributed by atoms with van der Waals surface area (Å²) in [5.41, 5.74) is 1.09. The Kier molecular flexibility index (Phi) is 8.56. The Morgan fingerprint density at radius 1 is 1.23 bits per heavy atom. The van der Waals surface area contributed by atoms with Gasteiger partial charge in [0.2, 0.25) is 5.88 Å². The normalized spacial score (nSPS) is 13.8. The van der Waals surface area contributed by atoms with Crippen molar-refractivity contribution in [3.05, 3.63) is 40.0 Å². The molecule has 2 aromatic heterocycles. The van der Waals surface area contributed by atoms with Crippen molar-refractivity contribution in [1.29, 1.82) is 0 Å². The van der Waals surface area contributed by atoms with Gasteiger partial charge < -0.3 is 15.4 Å². The smallest absolute Gasteiger partial charge is 0.213 e. The summed E-state index contributed by atoms with van der Waals surface area (Å²) in [6.07, 6.45) is 7.38. The van der Waals surface area contributed by atoms with Gasteiger partial charge in [-0.3, -0.25) is 4.99 Å². The first-order valence-electron chi connectivity index (χ1n) is 8.72. The van der Waals surface area contributed by atoms with Crippen molar-refractivity contribution in [2.75, 3.05) is 13.7 Å². The number of rotatable bonds is 8. The lowest BCUT2D eigenvalue weighted by atomic mass is 10.3. The summed E-state index contributed by atoms with van der Waals surface area (Å²) >= 11 is 1.73. The highest BCUT2D eigenvalue weighted by molar-refractivity contribution is 14.0. The van der Waals surface area contributed by atoms with E-state index in [4.69, 9.17) is 4.74 Å². The van der Waals surface area contributed by atoms with Crippen molar-refractivity contribution in [3.8, 4) is 5.88 Å². The average Bonchev–Trinajstić information content (AvgIpc) is 3.37. The van der Waals surface area contributed by atoms with Crippen LogP contribution in [0, 0.1) is 5.92 Å². The lowest BCUT2D eigenvalue weighted by Gasteiger charge is -2.11. The number of hydrogen-bond donors (Lipinski definition) is 2. The van der Waals surface area contributed by atoms with Gasteiger partial charge in [-0.1, -0.05) is 13.0 Å². The van der Waals surface area contributed by atoms with Crippen molar-refractivity contribution < 1.29 is 4.74 Å². The van der Waals surface area contributed by atoms with Crippen LogP contribution in [0.4, 0.5) is 0 Å². The molecule has 1 saturated carbocycles. The number of thiazole rings is 1. The lowest BCUT2D eigenvalue weighted by Crippen LogP contribution is -2.36. The summed E-state index contributed by atoms with van der Waals surface area (Å²) < 4.78 is 5.66. The van der Waals surface area contributed by atoms with Crippen molar-refractivity contribution in [3.63, 3.8) is 0 Å². The number of aliphatic imine (C=N–C) groups is 1. The van der Waals surface area contributed by atoms with Gasteiger partial charge in [0.25, 0.3) is 0 Å². The third kappa shape index (κ3) is 6.71. The Bertz CT molecular complexity index is 700. The number of halogens is 1. The number of ether oxygens (including phenoxy) is 1. The molecule has 0 saturated heterocycles. The van der Waals surface area contributed by atoms with Gasteiger partial charge in [-0.25, -0.2) is 9.97 Å². The van der Waals surface area contributed by atoms with Gasteiger partial charge in [-0.15, -0.1) is 35.3 Å². The van der Waals surface area contributed by atoms with Crippen LogP contribution in [0.15, 0.2) is 29.5 Å². The molecule has 1 fully saturated rings. The minimum absolute atomic E-state index is 0. The van der Waals surface area contributed by atoms with Crippen LogP contribution < -0.4 is 15.4 Å². The molecule has 0 spiro atoms. The van der Waals surface area contributed by atoms with E-state index in [1.807, 2.05) is 24.5 Å². The number of pyridine rings is 1. The SMILES string of the molecule is CCc1cnc(CNC(=NC)NCc2ccc(OCC3CC3)nc2)s1.I. The molecule has 8 heteroatoms. The first kappa shape index (κ1) is 20.9. The van der Waals surface area contributed by atoms with E-state index in [9.17, 15) is 0 Å². The number of guanidine groups is 1. The maximum absolute atomic E-state index is 5.66. The van der Waals surface area contributed by atoms with Crippen LogP contribution in [0.25, 0.3) is 0 Å².